The average molecular weight is 464 g/mol. The van der Waals surface area contributed by atoms with Gasteiger partial charge in [0.15, 0.2) is 5.82 Å². The predicted molar refractivity (Wildman–Crippen MR) is 116 cm³/mol. The molecular formula is C21H20ClF2N5O3. The molecule has 5 N–H and O–H groups in total. The summed E-state index contributed by atoms with van der Waals surface area (Å²) in [5, 5.41) is 13.4. The number of ether oxygens (including phenoxy) is 1. The quantitative estimate of drug-likeness (QED) is 0.394. The number of carbonyl (C=O) groups is 1. The third kappa shape index (κ3) is 5.40. The van der Waals surface area contributed by atoms with Gasteiger partial charge in [-0.2, -0.15) is 0 Å². The topological polar surface area (TPSA) is 122 Å². The summed E-state index contributed by atoms with van der Waals surface area (Å²) in [6.45, 7) is 1.46. The number of nitrogens with one attached hydrogen (secondary N) is 2. The molecule has 32 heavy (non-hydrogen) atoms. The Bertz CT molecular complexity index is 1120. The molecule has 0 aliphatic rings. The van der Waals surface area contributed by atoms with E-state index in [0.29, 0.717) is 16.9 Å². The van der Waals surface area contributed by atoms with Crippen molar-refractivity contribution in [1.82, 2.24) is 15.3 Å². The van der Waals surface area contributed by atoms with Gasteiger partial charge in [-0.1, -0.05) is 23.7 Å². The number of aromatic nitrogens is 2. The number of carbonyl (C=O) groups excluding carboxylic acids is 1. The molecule has 0 saturated carbocycles. The fourth-order valence-corrected chi connectivity index (χ4v) is 3.12. The van der Waals surface area contributed by atoms with Gasteiger partial charge in [0.05, 0.1) is 23.5 Å². The minimum atomic E-state index is -0.992. The number of amides is 2. The molecule has 0 fully saturated rings. The lowest BCUT2D eigenvalue weighted by Crippen LogP contribution is -2.30. The second-order valence-electron chi connectivity index (χ2n) is 6.64. The Hall–Kier alpha value is -3.50. The average Bonchev–Trinajstić information content (AvgIpc) is 2.77. The van der Waals surface area contributed by atoms with Crippen molar-refractivity contribution in [2.24, 2.45) is 0 Å². The van der Waals surface area contributed by atoms with Crippen LogP contribution < -0.4 is 21.1 Å². The maximum absolute atomic E-state index is 14.2. The van der Waals surface area contributed by atoms with Crippen molar-refractivity contribution in [3.8, 4) is 17.1 Å². The molecule has 0 aliphatic carbocycles. The Morgan fingerprint density at radius 2 is 1.91 bits per heavy atom. The molecule has 11 heteroatoms. The maximum atomic E-state index is 14.2. The molecule has 1 unspecified atom stereocenters. The Morgan fingerprint density at radius 1 is 1.22 bits per heavy atom. The van der Waals surface area contributed by atoms with Crippen LogP contribution >= 0.6 is 11.6 Å². The van der Waals surface area contributed by atoms with E-state index in [9.17, 15) is 13.6 Å². The molecule has 0 radical (unpaired) electrons. The van der Waals surface area contributed by atoms with Crippen molar-refractivity contribution in [2.45, 2.75) is 13.0 Å². The van der Waals surface area contributed by atoms with E-state index in [2.05, 4.69) is 20.6 Å². The molecule has 3 rings (SSSR count). The van der Waals surface area contributed by atoms with Crippen molar-refractivity contribution in [3.05, 3.63) is 64.8 Å². The van der Waals surface area contributed by atoms with Crippen LogP contribution in [0.25, 0.3) is 11.3 Å². The molecule has 0 bridgehead atoms. The van der Waals surface area contributed by atoms with Gasteiger partial charge in [-0.25, -0.2) is 23.5 Å². The monoisotopic (exact) mass is 463 g/mol. The van der Waals surface area contributed by atoms with Crippen LogP contribution in [0.5, 0.6) is 5.88 Å². The van der Waals surface area contributed by atoms with Gasteiger partial charge >= 0.3 is 6.03 Å². The summed E-state index contributed by atoms with van der Waals surface area (Å²) >= 11 is 5.90. The third-order valence-electron chi connectivity index (χ3n) is 4.38. The summed E-state index contributed by atoms with van der Waals surface area (Å²) in [5.74, 6) is -1.60. The zero-order valence-corrected chi connectivity index (χ0v) is 17.7. The van der Waals surface area contributed by atoms with Crippen molar-refractivity contribution in [2.75, 3.05) is 24.2 Å². The standard InChI is InChI=1S/C21H20ClF2N5O3/c1-11(17-14(23)6-7-15(24)18(17)22)32-20-19(25)27-10-16(29-20)12-2-4-13(5-3-12)28-21(31)26-8-9-30/h2-7,10-11,30H,8-9H2,1H3,(H2,25,27)(H2,26,28,31). The molecule has 2 amide bonds. The zero-order chi connectivity index (χ0) is 23.3. The highest BCUT2D eigenvalue weighted by Gasteiger charge is 2.21. The lowest BCUT2D eigenvalue weighted by molar-refractivity contribution is 0.213. The fraction of sp³-hybridized carbons (Fsp3) is 0.190. The van der Waals surface area contributed by atoms with Crippen LogP contribution in [0.3, 0.4) is 0 Å². The number of hydrogen-bond donors (Lipinski definition) is 4. The molecule has 8 nitrogen and oxygen atoms in total. The third-order valence-corrected chi connectivity index (χ3v) is 4.76. The van der Waals surface area contributed by atoms with Crippen LogP contribution in [0.4, 0.5) is 25.1 Å². The van der Waals surface area contributed by atoms with Crippen molar-refractivity contribution < 1.29 is 23.4 Å². The summed E-state index contributed by atoms with van der Waals surface area (Å²) in [7, 11) is 0. The normalized spacial score (nSPS) is 11.7. The number of halogens is 3. The highest BCUT2D eigenvalue weighted by molar-refractivity contribution is 6.31. The smallest absolute Gasteiger partial charge is 0.319 e. The summed E-state index contributed by atoms with van der Waals surface area (Å²) in [4.78, 5) is 20.0. The lowest BCUT2D eigenvalue weighted by atomic mass is 10.1. The second-order valence-corrected chi connectivity index (χ2v) is 7.02. The number of rotatable bonds is 7. The number of nitrogen functional groups attached to an aromatic ring is 1. The van der Waals surface area contributed by atoms with E-state index in [4.69, 9.17) is 27.2 Å². The Morgan fingerprint density at radius 3 is 2.59 bits per heavy atom. The van der Waals surface area contributed by atoms with Gasteiger partial charge in [-0.05, 0) is 31.2 Å². The summed E-state index contributed by atoms with van der Waals surface area (Å²) in [6, 6.07) is 8.12. The lowest BCUT2D eigenvalue weighted by Gasteiger charge is -2.18. The van der Waals surface area contributed by atoms with E-state index in [1.54, 1.807) is 24.3 Å². The van der Waals surface area contributed by atoms with E-state index in [0.717, 1.165) is 12.1 Å². The van der Waals surface area contributed by atoms with Gasteiger partial charge in [-0.15, -0.1) is 0 Å². The molecule has 0 saturated heterocycles. The van der Waals surface area contributed by atoms with Gasteiger partial charge in [-0.3, -0.25) is 0 Å². The number of anilines is 2. The van der Waals surface area contributed by atoms with Crippen LogP contribution in [0.1, 0.15) is 18.6 Å². The molecule has 2 aromatic carbocycles. The Balaban J connectivity index is 1.79. The first-order chi connectivity index (χ1) is 15.3. The fourth-order valence-electron chi connectivity index (χ4n) is 2.82. The molecule has 1 aromatic heterocycles. The van der Waals surface area contributed by atoms with Crippen LogP contribution in [-0.2, 0) is 0 Å². The predicted octanol–water partition coefficient (Wildman–Crippen LogP) is 3.91. The second kappa shape index (κ2) is 10.2. The summed E-state index contributed by atoms with van der Waals surface area (Å²) in [6.07, 6.45) is 0.438. The number of benzene rings is 2. The molecular weight excluding hydrogens is 444 g/mol. The number of aliphatic hydroxyl groups is 1. The van der Waals surface area contributed by atoms with Crippen molar-refractivity contribution in [3.63, 3.8) is 0 Å². The number of nitrogens with zero attached hydrogens (tertiary/aromatic N) is 2. The first-order valence-corrected chi connectivity index (χ1v) is 9.86. The van der Waals surface area contributed by atoms with E-state index < -0.39 is 23.8 Å². The molecule has 168 valence electrons. The Kier molecular flexibility index (Phi) is 7.39. The van der Waals surface area contributed by atoms with E-state index in [1.807, 2.05) is 0 Å². The van der Waals surface area contributed by atoms with Crippen LogP contribution in [0.15, 0.2) is 42.6 Å². The highest BCUT2D eigenvalue weighted by atomic mass is 35.5. The molecule has 0 spiro atoms. The van der Waals surface area contributed by atoms with Crippen LogP contribution in [0, 0.1) is 11.6 Å². The van der Waals surface area contributed by atoms with E-state index >= 15 is 0 Å². The highest BCUT2D eigenvalue weighted by Crippen LogP contribution is 2.33. The van der Waals surface area contributed by atoms with E-state index in [-0.39, 0.29) is 35.4 Å². The Labute approximate surface area is 187 Å². The summed E-state index contributed by atoms with van der Waals surface area (Å²) < 4.78 is 33.6. The van der Waals surface area contributed by atoms with Gasteiger partial charge < -0.3 is 26.2 Å². The minimum absolute atomic E-state index is 0.0348. The molecule has 3 aromatic rings. The van der Waals surface area contributed by atoms with Crippen LogP contribution in [-0.4, -0.2) is 34.3 Å². The maximum Gasteiger partial charge on any atom is 0.319 e. The number of nitrogens with two attached hydrogens (primary N) is 1. The molecule has 0 aliphatic heterocycles. The van der Waals surface area contributed by atoms with Crippen molar-refractivity contribution in [1.29, 1.82) is 0 Å². The van der Waals surface area contributed by atoms with Gasteiger partial charge in [0, 0.05) is 23.4 Å². The first-order valence-electron chi connectivity index (χ1n) is 9.49. The molecule has 1 atom stereocenters. The van der Waals surface area contributed by atoms with Gasteiger partial charge in [0.1, 0.15) is 17.7 Å². The van der Waals surface area contributed by atoms with Crippen LogP contribution in [0.2, 0.25) is 5.02 Å². The zero-order valence-electron chi connectivity index (χ0n) is 16.9. The SMILES string of the molecule is CC(Oc1nc(-c2ccc(NC(=O)NCCO)cc2)cnc1N)c1c(F)ccc(F)c1Cl. The summed E-state index contributed by atoms with van der Waals surface area (Å²) in [5.41, 5.74) is 7.26. The van der Waals surface area contributed by atoms with E-state index in [1.165, 1.54) is 13.1 Å². The van der Waals surface area contributed by atoms with Gasteiger partial charge in [0.2, 0.25) is 0 Å². The largest absolute Gasteiger partial charge is 0.467 e. The van der Waals surface area contributed by atoms with Gasteiger partial charge in [0.25, 0.3) is 5.88 Å². The number of aliphatic hydroxyl groups excluding tert-OH is 1. The number of urea groups is 1. The minimum Gasteiger partial charge on any atom is -0.467 e. The number of hydrogen-bond acceptors (Lipinski definition) is 6. The van der Waals surface area contributed by atoms with Crippen molar-refractivity contribution >= 4 is 29.1 Å². The molecule has 1 heterocycles. The first kappa shape index (κ1) is 23.2.